The van der Waals surface area contributed by atoms with Gasteiger partial charge >= 0.3 is 0 Å². The topological polar surface area (TPSA) is 129 Å². The summed E-state index contributed by atoms with van der Waals surface area (Å²) in [4.78, 5) is 18.3. The molecule has 1 fully saturated rings. The Morgan fingerprint density at radius 3 is 2.95 bits per heavy atom. The summed E-state index contributed by atoms with van der Waals surface area (Å²) in [5.74, 6) is 0.283. The lowest BCUT2D eigenvalue weighted by molar-refractivity contribution is -0.121. The highest BCUT2D eigenvalue weighted by Crippen LogP contribution is 2.29. The molecule has 1 aromatic rings. The summed E-state index contributed by atoms with van der Waals surface area (Å²) in [5.41, 5.74) is -0.251. The predicted molar refractivity (Wildman–Crippen MR) is 64.2 cm³/mol. The summed E-state index contributed by atoms with van der Waals surface area (Å²) in [6, 6.07) is -0.555. The highest BCUT2D eigenvalue weighted by atomic mass is 16.5. The van der Waals surface area contributed by atoms with Crippen molar-refractivity contribution in [1.29, 1.82) is 0 Å². The van der Waals surface area contributed by atoms with E-state index in [-0.39, 0.29) is 24.1 Å². The number of fused-ring (bicyclic) bond motifs is 2. The lowest BCUT2D eigenvalue weighted by Crippen LogP contribution is -2.61. The van der Waals surface area contributed by atoms with Crippen molar-refractivity contribution in [3.05, 3.63) is 10.4 Å². The minimum absolute atomic E-state index is 0.00662. The zero-order valence-corrected chi connectivity index (χ0v) is 10.1. The van der Waals surface area contributed by atoms with Gasteiger partial charge in [-0.2, -0.15) is 4.98 Å². The number of hydrogen-bond donors (Lipinski definition) is 5. The fraction of sp³-hybridized carbons (Fsp3) is 0.600. The van der Waals surface area contributed by atoms with Crippen LogP contribution in [0.2, 0.25) is 0 Å². The molecule has 0 radical (unpaired) electrons. The first-order chi connectivity index (χ1) is 9.10. The molecule has 0 aromatic carbocycles. The second-order valence-corrected chi connectivity index (χ2v) is 4.43. The molecule has 104 valence electrons. The average molecular weight is 270 g/mol. The molecule has 1 aromatic heterocycles. The molecule has 2 unspecified atom stereocenters. The van der Waals surface area contributed by atoms with E-state index < -0.39 is 30.0 Å². The van der Waals surface area contributed by atoms with Gasteiger partial charge in [0.05, 0.1) is 19.8 Å². The predicted octanol–water partition coefficient (Wildman–Crippen LogP) is -1.94. The first-order valence-electron chi connectivity index (χ1n) is 5.79. The molecule has 4 atom stereocenters. The quantitative estimate of drug-likeness (QED) is 0.399. The smallest absolute Gasteiger partial charge is 0.298 e. The lowest BCUT2D eigenvalue weighted by atomic mass is 9.99. The van der Waals surface area contributed by atoms with Gasteiger partial charge in [0.1, 0.15) is 17.9 Å². The van der Waals surface area contributed by atoms with Gasteiger partial charge in [0.25, 0.3) is 11.6 Å². The molecule has 2 aliphatic rings. The Morgan fingerprint density at radius 2 is 2.21 bits per heavy atom. The SMILES string of the molecule is COc1nc2c(c(=O)[nH]1)NC1C(N2)OC[C@H](O)[C@H]1O. The number of rotatable bonds is 1. The fourth-order valence-corrected chi connectivity index (χ4v) is 2.20. The van der Waals surface area contributed by atoms with Crippen molar-refractivity contribution in [3.8, 4) is 6.01 Å². The third-order valence-electron chi connectivity index (χ3n) is 3.22. The molecular formula is C10H14N4O5. The van der Waals surface area contributed by atoms with E-state index in [0.717, 1.165) is 0 Å². The minimum Gasteiger partial charge on any atom is -0.468 e. The third kappa shape index (κ3) is 1.91. The zero-order chi connectivity index (χ0) is 13.6. The van der Waals surface area contributed by atoms with E-state index in [1.54, 1.807) is 0 Å². The van der Waals surface area contributed by atoms with Crippen LogP contribution < -0.4 is 20.9 Å². The van der Waals surface area contributed by atoms with Crippen LogP contribution in [0.5, 0.6) is 6.01 Å². The van der Waals surface area contributed by atoms with Gasteiger partial charge < -0.3 is 30.3 Å². The Labute approximate surface area is 107 Å². The molecule has 0 amide bonds. The van der Waals surface area contributed by atoms with E-state index >= 15 is 0 Å². The zero-order valence-electron chi connectivity index (χ0n) is 10.1. The largest absolute Gasteiger partial charge is 0.468 e. The summed E-state index contributed by atoms with van der Waals surface area (Å²) in [7, 11) is 1.39. The van der Waals surface area contributed by atoms with Crippen molar-refractivity contribution in [2.45, 2.75) is 24.5 Å². The molecule has 5 N–H and O–H groups in total. The number of nitrogens with one attached hydrogen (secondary N) is 3. The highest BCUT2D eigenvalue weighted by Gasteiger charge is 2.42. The Hall–Kier alpha value is -1.84. The van der Waals surface area contributed by atoms with Gasteiger partial charge in [-0.3, -0.25) is 9.78 Å². The molecule has 9 heteroatoms. The van der Waals surface area contributed by atoms with E-state index in [9.17, 15) is 15.0 Å². The van der Waals surface area contributed by atoms with Crippen molar-refractivity contribution >= 4 is 11.5 Å². The Balaban J connectivity index is 1.98. The maximum absolute atomic E-state index is 11.8. The van der Waals surface area contributed by atoms with Gasteiger partial charge in [-0.1, -0.05) is 0 Å². The second-order valence-electron chi connectivity index (χ2n) is 4.43. The summed E-state index contributed by atoms with van der Waals surface area (Å²) in [5, 5.41) is 25.2. The van der Waals surface area contributed by atoms with Crippen LogP contribution in [0, 0.1) is 0 Å². The molecule has 1 saturated heterocycles. The van der Waals surface area contributed by atoms with Crippen LogP contribution in [0.15, 0.2) is 4.79 Å². The van der Waals surface area contributed by atoms with Crippen LogP contribution in [0.25, 0.3) is 0 Å². The van der Waals surface area contributed by atoms with Crippen molar-refractivity contribution in [1.82, 2.24) is 9.97 Å². The number of aliphatic hydroxyl groups is 2. The van der Waals surface area contributed by atoms with E-state index in [0.29, 0.717) is 0 Å². The number of anilines is 2. The number of methoxy groups -OCH3 is 1. The summed E-state index contributed by atoms with van der Waals surface area (Å²) in [6.07, 6.45) is -2.62. The maximum atomic E-state index is 11.8. The monoisotopic (exact) mass is 270 g/mol. The van der Waals surface area contributed by atoms with E-state index in [1.165, 1.54) is 7.11 Å². The number of H-pyrrole nitrogens is 1. The van der Waals surface area contributed by atoms with E-state index in [4.69, 9.17) is 9.47 Å². The van der Waals surface area contributed by atoms with Crippen molar-refractivity contribution in [2.75, 3.05) is 24.4 Å². The molecule has 3 heterocycles. The number of aliphatic hydroxyl groups excluding tert-OH is 2. The Morgan fingerprint density at radius 1 is 1.42 bits per heavy atom. The third-order valence-corrected chi connectivity index (χ3v) is 3.22. The maximum Gasteiger partial charge on any atom is 0.298 e. The normalized spacial score (nSPS) is 32.6. The molecule has 9 nitrogen and oxygen atoms in total. The van der Waals surface area contributed by atoms with Crippen LogP contribution in [0.3, 0.4) is 0 Å². The first-order valence-corrected chi connectivity index (χ1v) is 5.79. The van der Waals surface area contributed by atoms with Crippen LogP contribution in [0.1, 0.15) is 0 Å². The molecule has 0 bridgehead atoms. The van der Waals surface area contributed by atoms with Gasteiger partial charge in [0, 0.05) is 0 Å². The molecule has 3 rings (SSSR count). The molecular weight excluding hydrogens is 256 g/mol. The Bertz CT molecular complexity index is 547. The van der Waals surface area contributed by atoms with E-state index in [2.05, 4.69) is 20.6 Å². The lowest BCUT2D eigenvalue weighted by Gasteiger charge is -2.42. The van der Waals surface area contributed by atoms with Crippen LogP contribution in [-0.4, -0.2) is 58.4 Å². The molecule has 0 spiro atoms. The second kappa shape index (κ2) is 4.37. The van der Waals surface area contributed by atoms with Gasteiger partial charge in [-0.05, 0) is 0 Å². The van der Waals surface area contributed by atoms with Crippen LogP contribution >= 0.6 is 0 Å². The standard InChI is InChI=1S/C10H14N4O5/c1-18-10-13-7-5(8(17)14-10)11-4-6(16)3(15)2-19-9(4)12-7/h3-4,6,9,11,15-16H,2H2,1H3,(H2,12,13,14,17)/t3-,4?,6+,9?/m0/s1. The number of hydrogen-bond acceptors (Lipinski definition) is 8. The van der Waals surface area contributed by atoms with Crippen LogP contribution in [0.4, 0.5) is 11.5 Å². The number of aromatic nitrogens is 2. The highest BCUT2D eigenvalue weighted by molar-refractivity contribution is 5.67. The van der Waals surface area contributed by atoms with E-state index in [1.807, 2.05) is 0 Å². The van der Waals surface area contributed by atoms with Gasteiger partial charge in [-0.25, -0.2) is 0 Å². The van der Waals surface area contributed by atoms with Crippen molar-refractivity contribution in [2.24, 2.45) is 0 Å². The van der Waals surface area contributed by atoms with Crippen molar-refractivity contribution < 1.29 is 19.7 Å². The number of aromatic amines is 1. The number of ether oxygens (including phenoxy) is 2. The van der Waals surface area contributed by atoms with Gasteiger partial charge in [-0.15, -0.1) is 0 Å². The molecule has 19 heavy (non-hydrogen) atoms. The fourth-order valence-electron chi connectivity index (χ4n) is 2.20. The summed E-state index contributed by atoms with van der Waals surface area (Å²) < 4.78 is 10.2. The number of nitrogens with zero attached hydrogens (tertiary/aromatic N) is 1. The van der Waals surface area contributed by atoms with Crippen LogP contribution in [-0.2, 0) is 4.74 Å². The van der Waals surface area contributed by atoms with Gasteiger partial charge in [0.2, 0.25) is 0 Å². The Kier molecular flexibility index (Phi) is 2.81. The first kappa shape index (κ1) is 12.2. The molecule has 0 aliphatic carbocycles. The minimum atomic E-state index is -1.04. The molecule has 0 saturated carbocycles. The average Bonchev–Trinajstić information content (AvgIpc) is 2.41. The summed E-state index contributed by atoms with van der Waals surface area (Å²) in [6.45, 7) is 0.00662. The summed E-state index contributed by atoms with van der Waals surface area (Å²) >= 11 is 0. The van der Waals surface area contributed by atoms with Gasteiger partial charge in [0.15, 0.2) is 12.0 Å². The van der Waals surface area contributed by atoms with Crippen molar-refractivity contribution in [3.63, 3.8) is 0 Å². The molecule has 2 aliphatic heterocycles.